The first-order chi connectivity index (χ1) is 19.8. The van der Waals surface area contributed by atoms with E-state index in [1.165, 1.54) is 23.0 Å². The van der Waals surface area contributed by atoms with Gasteiger partial charge in [0.05, 0.1) is 22.9 Å². The number of alkyl halides is 2. The molecule has 1 aliphatic heterocycles. The lowest BCUT2D eigenvalue weighted by molar-refractivity contribution is 0.0999. The zero-order chi connectivity index (χ0) is 30.7. The van der Waals surface area contributed by atoms with E-state index in [4.69, 9.17) is 12.2 Å². The zero-order valence-electron chi connectivity index (χ0n) is 22.0. The summed E-state index contributed by atoms with van der Waals surface area (Å²) in [7, 11) is -3.91. The SMILES string of the molecule is C#Cc1ccc(NC(=O)N2CCC(CC#N)(n3cc(C(N)=O)c(Nc4ccc(S(=O)(=O)C(F)(F)P)cc4)n3)CC2)cc1. The Balaban J connectivity index is 1.53. The molecule has 0 radical (unpaired) electrons. The highest BCUT2D eigenvalue weighted by Gasteiger charge is 2.41. The van der Waals surface area contributed by atoms with Crippen molar-refractivity contribution in [3.8, 4) is 18.4 Å². The number of piperidine rings is 1. The van der Waals surface area contributed by atoms with Gasteiger partial charge >= 0.3 is 11.0 Å². The molecule has 1 saturated heterocycles. The minimum atomic E-state index is -4.91. The molecule has 0 bridgehead atoms. The minimum Gasteiger partial charge on any atom is -0.365 e. The summed E-state index contributed by atoms with van der Waals surface area (Å²) < 4.78 is 52.4. The quantitative estimate of drug-likeness (QED) is 0.257. The number of rotatable bonds is 8. The van der Waals surface area contributed by atoms with Gasteiger partial charge in [0.25, 0.3) is 5.91 Å². The Morgan fingerprint density at radius 1 is 1.12 bits per heavy atom. The molecule has 3 amide bonds. The van der Waals surface area contributed by atoms with Crippen molar-refractivity contribution in [2.45, 2.75) is 34.7 Å². The number of anilines is 3. The molecular weight excluding hydrogens is 587 g/mol. The lowest BCUT2D eigenvalue weighted by Crippen LogP contribution is -2.49. The number of likely N-dealkylation sites (tertiary alicyclic amines) is 1. The Bertz CT molecular complexity index is 1680. The van der Waals surface area contributed by atoms with Crippen molar-refractivity contribution in [3.63, 3.8) is 0 Å². The number of terminal acetylenes is 1. The predicted molar refractivity (Wildman–Crippen MR) is 155 cm³/mol. The number of hydrogen-bond acceptors (Lipinski definition) is 7. The van der Waals surface area contributed by atoms with Gasteiger partial charge in [-0.2, -0.15) is 19.1 Å². The van der Waals surface area contributed by atoms with Gasteiger partial charge in [-0.1, -0.05) is 5.92 Å². The fourth-order valence-electron chi connectivity index (χ4n) is 4.51. The van der Waals surface area contributed by atoms with Crippen LogP contribution in [-0.4, -0.2) is 53.1 Å². The van der Waals surface area contributed by atoms with Gasteiger partial charge < -0.3 is 21.3 Å². The maximum Gasteiger partial charge on any atom is 0.359 e. The van der Waals surface area contributed by atoms with Crippen LogP contribution in [0.1, 0.15) is 35.2 Å². The summed E-state index contributed by atoms with van der Waals surface area (Å²) in [6.45, 7) is 0.585. The number of aromatic nitrogens is 2. The molecule has 11 nitrogen and oxygen atoms in total. The van der Waals surface area contributed by atoms with E-state index < -0.39 is 31.2 Å². The van der Waals surface area contributed by atoms with Gasteiger partial charge in [-0.25, -0.2) is 13.2 Å². The molecular formula is C27H26F2N7O4PS. The third-order valence-electron chi connectivity index (χ3n) is 6.94. The number of carbonyl (C=O) groups is 2. The molecule has 1 fully saturated rings. The smallest absolute Gasteiger partial charge is 0.359 e. The van der Waals surface area contributed by atoms with E-state index >= 15 is 0 Å². The summed E-state index contributed by atoms with van der Waals surface area (Å²) >= 11 is 0. The van der Waals surface area contributed by atoms with E-state index in [-0.39, 0.29) is 29.5 Å². The Morgan fingerprint density at radius 3 is 2.24 bits per heavy atom. The Kier molecular flexibility index (Phi) is 8.53. The second kappa shape index (κ2) is 11.8. The number of primary amides is 1. The predicted octanol–water partition coefficient (Wildman–Crippen LogP) is 3.84. The van der Waals surface area contributed by atoms with Crippen molar-refractivity contribution in [1.29, 1.82) is 5.26 Å². The summed E-state index contributed by atoms with van der Waals surface area (Å²) in [5, 5.41) is 19.8. The first-order valence-corrected chi connectivity index (χ1v) is 14.5. The second-order valence-corrected chi connectivity index (χ2v) is 12.8. The van der Waals surface area contributed by atoms with Gasteiger partial charge in [-0.3, -0.25) is 9.48 Å². The highest BCUT2D eigenvalue weighted by molar-refractivity contribution is 7.96. The molecule has 42 heavy (non-hydrogen) atoms. The normalized spacial score (nSPS) is 14.8. The van der Waals surface area contributed by atoms with Crippen molar-refractivity contribution in [1.82, 2.24) is 14.7 Å². The highest BCUT2D eigenvalue weighted by atomic mass is 32.2. The molecule has 1 unspecified atom stereocenters. The van der Waals surface area contributed by atoms with Crippen LogP contribution < -0.4 is 16.4 Å². The Morgan fingerprint density at radius 2 is 1.71 bits per heavy atom. The largest absolute Gasteiger partial charge is 0.365 e. The topological polar surface area (TPSA) is 163 Å². The molecule has 2 heterocycles. The van der Waals surface area contributed by atoms with Gasteiger partial charge in [0.2, 0.25) is 9.84 Å². The number of nitrogens with zero attached hydrogens (tertiary/aromatic N) is 4. The van der Waals surface area contributed by atoms with Crippen molar-refractivity contribution < 1.29 is 26.8 Å². The van der Waals surface area contributed by atoms with E-state index in [0.29, 0.717) is 37.2 Å². The van der Waals surface area contributed by atoms with Crippen LogP contribution in [0.3, 0.4) is 0 Å². The van der Waals surface area contributed by atoms with Crippen LogP contribution in [0.5, 0.6) is 0 Å². The number of sulfone groups is 1. The first kappa shape index (κ1) is 30.4. The van der Waals surface area contributed by atoms with Gasteiger partial charge in [0.1, 0.15) is 5.56 Å². The Hall–Kier alpha value is -4.52. The third kappa shape index (κ3) is 6.20. The van der Waals surface area contributed by atoms with Crippen LogP contribution in [-0.2, 0) is 15.4 Å². The molecule has 3 aromatic rings. The van der Waals surface area contributed by atoms with Crippen LogP contribution in [0.2, 0.25) is 0 Å². The lowest BCUT2D eigenvalue weighted by atomic mass is 9.85. The summed E-state index contributed by atoms with van der Waals surface area (Å²) in [6.07, 6.45) is 7.51. The summed E-state index contributed by atoms with van der Waals surface area (Å²) in [5.74, 6) is 1.72. The van der Waals surface area contributed by atoms with E-state index in [9.17, 15) is 32.0 Å². The van der Waals surface area contributed by atoms with Gasteiger partial charge in [0, 0.05) is 36.2 Å². The number of urea groups is 1. The molecule has 218 valence electrons. The molecule has 0 aliphatic carbocycles. The summed E-state index contributed by atoms with van der Waals surface area (Å²) in [4.78, 5) is 22.1. The van der Waals surface area contributed by atoms with E-state index in [0.717, 1.165) is 21.4 Å². The summed E-state index contributed by atoms with van der Waals surface area (Å²) in [5.41, 5.74) is 6.23. The fourth-order valence-corrected chi connectivity index (χ4v) is 5.73. The zero-order valence-corrected chi connectivity index (χ0v) is 24.0. The van der Waals surface area contributed by atoms with Crippen molar-refractivity contribution in [3.05, 3.63) is 65.9 Å². The Labute approximate surface area is 243 Å². The van der Waals surface area contributed by atoms with Crippen molar-refractivity contribution in [2.24, 2.45) is 5.73 Å². The number of nitriles is 1. The molecule has 2 aromatic carbocycles. The van der Waals surface area contributed by atoms with Gasteiger partial charge in [-0.15, -0.1) is 6.42 Å². The van der Waals surface area contributed by atoms with E-state index in [1.807, 2.05) is 0 Å². The molecule has 4 rings (SSSR count). The number of benzene rings is 2. The van der Waals surface area contributed by atoms with Crippen LogP contribution in [0.25, 0.3) is 0 Å². The number of halogens is 2. The fraction of sp³-hybridized carbons (Fsp3) is 0.259. The van der Waals surface area contributed by atoms with Gasteiger partial charge in [-0.05, 0) is 70.6 Å². The van der Waals surface area contributed by atoms with Crippen LogP contribution in [0.4, 0.5) is 30.8 Å². The number of nitrogens with two attached hydrogens (primary N) is 1. The monoisotopic (exact) mass is 613 g/mol. The van der Waals surface area contributed by atoms with Crippen LogP contribution >= 0.6 is 9.24 Å². The molecule has 1 atom stereocenters. The van der Waals surface area contributed by atoms with E-state index in [2.05, 4.69) is 27.7 Å². The number of amides is 3. The van der Waals surface area contributed by atoms with Crippen LogP contribution in [0.15, 0.2) is 59.6 Å². The number of carbonyl (C=O) groups excluding carboxylic acids is 2. The molecule has 4 N–H and O–H groups in total. The van der Waals surface area contributed by atoms with E-state index in [1.54, 1.807) is 29.2 Å². The number of hydrogen-bond donors (Lipinski definition) is 3. The maximum atomic E-state index is 13.5. The third-order valence-corrected chi connectivity index (χ3v) is 9.48. The number of nitrogens with one attached hydrogen (secondary N) is 2. The average molecular weight is 614 g/mol. The maximum absolute atomic E-state index is 13.5. The molecule has 0 saturated carbocycles. The van der Waals surface area contributed by atoms with Crippen molar-refractivity contribution in [2.75, 3.05) is 23.7 Å². The van der Waals surface area contributed by atoms with Crippen LogP contribution in [0, 0.1) is 23.7 Å². The standard InChI is InChI=1S/C27H26F2N7O4PS/c1-2-18-3-5-20(6-4-18)33-25(38)35-15-12-26(11-14-30,13-16-35)36-17-22(23(31)37)24(34-36)32-19-7-9-21(10-8-19)42(39,40)27(28,29)41/h1,3-10,17H,11-13,15-16,41H2,(H2,31,37)(H,32,34)(H,33,38). The average Bonchev–Trinajstić information content (AvgIpc) is 3.38. The molecule has 15 heteroatoms. The molecule has 0 spiro atoms. The molecule has 1 aliphatic rings. The lowest BCUT2D eigenvalue weighted by Gasteiger charge is -2.40. The first-order valence-electron chi connectivity index (χ1n) is 12.5. The summed E-state index contributed by atoms with van der Waals surface area (Å²) in [6, 6.07) is 13.1. The van der Waals surface area contributed by atoms with Crippen molar-refractivity contribution >= 4 is 48.2 Å². The van der Waals surface area contributed by atoms with Gasteiger partial charge in [0.15, 0.2) is 5.82 Å². The molecule has 1 aromatic heterocycles. The second-order valence-electron chi connectivity index (χ2n) is 9.61. The highest BCUT2D eigenvalue weighted by Crippen LogP contribution is 2.37. The minimum absolute atomic E-state index is 0.00362.